The summed E-state index contributed by atoms with van der Waals surface area (Å²) < 4.78 is 1.91. The molecule has 5 heteroatoms. The number of anilines is 1. The quantitative estimate of drug-likeness (QED) is 0.760. The zero-order chi connectivity index (χ0) is 15.2. The molecule has 0 fully saturated rings. The van der Waals surface area contributed by atoms with E-state index in [1.165, 1.54) is 0 Å². The molecule has 1 atom stereocenters. The van der Waals surface area contributed by atoms with Crippen LogP contribution < -0.4 is 10.6 Å². The van der Waals surface area contributed by atoms with Crippen molar-refractivity contribution in [3.63, 3.8) is 0 Å². The Hall–Kier alpha value is -1.17. The number of hydrogen-bond donors (Lipinski definition) is 2. The number of amides is 1. The zero-order valence-electron chi connectivity index (χ0n) is 11.6. The number of nitrogens with one attached hydrogen (secondary N) is 2. The van der Waals surface area contributed by atoms with E-state index in [0.29, 0.717) is 0 Å². The normalized spacial score (nSPS) is 12.0. The van der Waals surface area contributed by atoms with Crippen LogP contribution in [0.1, 0.15) is 18.5 Å². The summed E-state index contributed by atoms with van der Waals surface area (Å²) in [6, 6.07) is 15.7. The van der Waals surface area contributed by atoms with Gasteiger partial charge in [0.15, 0.2) is 0 Å². The fourth-order valence-corrected chi connectivity index (χ4v) is 2.70. The molecule has 0 saturated carbocycles. The van der Waals surface area contributed by atoms with Crippen LogP contribution in [0, 0.1) is 0 Å². The molecule has 0 spiro atoms. The Bertz CT molecular complexity index is 631. The van der Waals surface area contributed by atoms with E-state index >= 15 is 0 Å². The maximum Gasteiger partial charge on any atom is 0.238 e. The van der Waals surface area contributed by atoms with Crippen LogP contribution in [-0.4, -0.2) is 12.5 Å². The largest absolute Gasteiger partial charge is 0.324 e. The Morgan fingerprint density at radius 1 is 1.14 bits per heavy atom. The molecule has 0 aliphatic carbocycles. The molecule has 3 nitrogen and oxygen atoms in total. The van der Waals surface area contributed by atoms with Crippen LogP contribution in [0.4, 0.5) is 5.69 Å². The molecule has 0 bridgehead atoms. The van der Waals surface area contributed by atoms with Crippen LogP contribution in [0.3, 0.4) is 0 Å². The molecule has 21 heavy (non-hydrogen) atoms. The summed E-state index contributed by atoms with van der Waals surface area (Å²) >= 11 is 6.86. The van der Waals surface area contributed by atoms with Gasteiger partial charge in [0, 0.05) is 15.0 Å². The van der Waals surface area contributed by atoms with Gasteiger partial charge in [0.05, 0.1) is 12.2 Å². The molecule has 2 rings (SSSR count). The van der Waals surface area contributed by atoms with Gasteiger partial charge in [-0.2, -0.15) is 0 Å². The van der Waals surface area contributed by atoms with Crippen molar-refractivity contribution in [1.82, 2.24) is 5.32 Å². The van der Waals surface area contributed by atoms with E-state index in [9.17, 15) is 4.79 Å². The molecule has 0 aliphatic heterocycles. The monoisotopic (exact) mass is 410 g/mol. The molecule has 2 N–H and O–H groups in total. The lowest BCUT2D eigenvalue weighted by Gasteiger charge is -2.15. The van der Waals surface area contributed by atoms with Crippen molar-refractivity contribution in [1.29, 1.82) is 0 Å². The van der Waals surface area contributed by atoms with Gasteiger partial charge in [0.1, 0.15) is 0 Å². The van der Waals surface area contributed by atoms with E-state index < -0.39 is 0 Å². The van der Waals surface area contributed by atoms with Gasteiger partial charge in [-0.15, -0.1) is 0 Å². The Morgan fingerprint density at radius 3 is 2.62 bits per heavy atom. The number of carbonyl (C=O) groups is 1. The summed E-state index contributed by atoms with van der Waals surface area (Å²) in [5.41, 5.74) is 1.91. The van der Waals surface area contributed by atoms with Gasteiger partial charge in [0.25, 0.3) is 0 Å². The standard InChI is InChI=1S/C16H16Br2N2O/c1-11(12-5-4-6-13(17)9-12)19-10-16(21)20-15-8-3-2-7-14(15)18/h2-9,11,19H,10H2,1H3,(H,20,21)/t11-/m1/s1. The second kappa shape index (κ2) is 7.73. The minimum absolute atomic E-state index is 0.0660. The number of carbonyl (C=O) groups excluding carboxylic acids is 1. The van der Waals surface area contributed by atoms with Crippen molar-refractivity contribution in [3.8, 4) is 0 Å². The number of rotatable bonds is 5. The molecule has 0 saturated heterocycles. The molecule has 2 aromatic rings. The Morgan fingerprint density at radius 2 is 1.90 bits per heavy atom. The summed E-state index contributed by atoms with van der Waals surface area (Å²) in [5, 5.41) is 6.09. The summed E-state index contributed by atoms with van der Waals surface area (Å²) in [7, 11) is 0. The van der Waals surface area contributed by atoms with E-state index in [1.807, 2.05) is 55.5 Å². The van der Waals surface area contributed by atoms with Crippen molar-refractivity contribution >= 4 is 43.5 Å². The van der Waals surface area contributed by atoms with Gasteiger partial charge < -0.3 is 10.6 Å². The zero-order valence-corrected chi connectivity index (χ0v) is 14.7. The van der Waals surface area contributed by atoms with E-state index in [0.717, 1.165) is 20.2 Å². The van der Waals surface area contributed by atoms with Crippen LogP contribution in [0.2, 0.25) is 0 Å². The predicted molar refractivity (Wildman–Crippen MR) is 93.3 cm³/mol. The molecule has 1 amide bonds. The Balaban J connectivity index is 1.88. The maximum absolute atomic E-state index is 12.0. The first-order chi connectivity index (χ1) is 10.1. The lowest BCUT2D eigenvalue weighted by Crippen LogP contribution is -2.30. The molecule has 2 aromatic carbocycles. The lowest BCUT2D eigenvalue weighted by molar-refractivity contribution is -0.115. The van der Waals surface area contributed by atoms with Crippen molar-refractivity contribution in [2.24, 2.45) is 0 Å². The summed E-state index contributed by atoms with van der Waals surface area (Å²) in [5.74, 6) is -0.0660. The SMILES string of the molecule is C[C@@H](NCC(=O)Nc1ccccc1Br)c1cccc(Br)c1. The van der Waals surface area contributed by atoms with Crippen LogP contribution in [0.5, 0.6) is 0 Å². The smallest absolute Gasteiger partial charge is 0.238 e. The topological polar surface area (TPSA) is 41.1 Å². The average molecular weight is 412 g/mol. The molecular weight excluding hydrogens is 396 g/mol. The lowest BCUT2D eigenvalue weighted by atomic mass is 10.1. The molecule has 0 aliphatic rings. The second-order valence-electron chi connectivity index (χ2n) is 4.69. The third-order valence-corrected chi connectivity index (χ3v) is 4.25. The van der Waals surface area contributed by atoms with E-state index in [1.54, 1.807) is 0 Å². The van der Waals surface area contributed by atoms with Crippen molar-refractivity contribution < 1.29 is 4.79 Å². The van der Waals surface area contributed by atoms with E-state index in [4.69, 9.17) is 0 Å². The molecule has 0 aromatic heterocycles. The van der Waals surface area contributed by atoms with Crippen molar-refractivity contribution in [3.05, 3.63) is 63.0 Å². The van der Waals surface area contributed by atoms with Gasteiger partial charge in [0.2, 0.25) is 5.91 Å². The molecule has 0 unspecified atom stereocenters. The first-order valence-electron chi connectivity index (χ1n) is 6.59. The summed E-state index contributed by atoms with van der Waals surface area (Å²) in [6.45, 7) is 2.29. The third-order valence-electron chi connectivity index (χ3n) is 3.07. The first-order valence-corrected chi connectivity index (χ1v) is 8.18. The average Bonchev–Trinajstić information content (AvgIpc) is 2.47. The highest BCUT2D eigenvalue weighted by Crippen LogP contribution is 2.21. The van der Waals surface area contributed by atoms with E-state index in [-0.39, 0.29) is 18.5 Å². The number of benzene rings is 2. The molecular formula is C16H16Br2N2O. The number of para-hydroxylation sites is 1. The maximum atomic E-state index is 12.0. The van der Waals surface area contributed by atoms with Crippen LogP contribution in [-0.2, 0) is 4.79 Å². The van der Waals surface area contributed by atoms with Gasteiger partial charge in [-0.25, -0.2) is 0 Å². The third kappa shape index (κ3) is 4.95. The number of hydrogen-bond acceptors (Lipinski definition) is 2. The van der Waals surface area contributed by atoms with Crippen LogP contribution >= 0.6 is 31.9 Å². The second-order valence-corrected chi connectivity index (χ2v) is 6.46. The van der Waals surface area contributed by atoms with E-state index in [2.05, 4.69) is 42.5 Å². The van der Waals surface area contributed by atoms with Crippen molar-refractivity contribution in [2.45, 2.75) is 13.0 Å². The highest BCUT2D eigenvalue weighted by molar-refractivity contribution is 9.10. The van der Waals surface area contributed by atoms with Gasteiger partial charge in [-0.05, 0) is 52.7 Å². The molecule has 0 heterocycles. The Kier molecular flexibility index (Phi) is 5.96. The first kappa shape index (κ1) is 16.2. The van der Waals surface area contributed by atoms with Crippen molar-refractivity contribution in [2.75, 3.05) is 11.9 Å². The van der Waals surface area contributed by atoms with Gasteiger partial charge in [-0.1, -0.05) is 40.2 Å². The van der Waals surface area contributed by atoms with Gasteiger partial charge >= 0.3 is 0 Å². The highest BCUT2D eigenvalue weighted by Gasteiger charge is 2.09. The summed E-state index contributed by atoms with van der Waals surface area (Å²) in [6.07, 6.45) is 0. The van der Waals surface area contributed by atoms with Crippen LogP contribution in [0.15, 0.2) is 57.5 Å². The van der Waals surface area contributed by atoms with Crippen LogP contribution in [0.25, 0.3) is 0 Å². The summed E-state index contributed by atoms with van der Waals surface area (Å²) in [4.78, 5) is 12.0. The highest BCUT2D eigenvalue weighted by atomic mass is 79.9. The minimum Gasteiger partial charge on any atom is -0.324 e. The minimum atomic E-state index is -0.0660. The fraction of sp³-hybridized carbons (Fsp3) is 0.188. The predicted octanol–water partition coefficient (Wildman–Crippen LogP) is 4.50. The number of halogens is 2. The fourth-order valence-electron chi connectivity index (χ4n) is 1.90. The molecule has 0 radical (unpaired) electrons. The van der Waals surface area contributed by atoms with Gasteiger partial charge in [-0.3, -0.25) is 4.79 Å². The molecule has 110 valence electrons. The Labute approximate surface area is 141 Å².